The average Bonchev–Trinajstić information content (AvgIpc) is 3.06. The highest BCUT2D eigenvalue weighted by molar-refractivity contribution is 7.91. The minimum absolute atomic E-state index is 0.123. The first-order chi connectivity index (χ1) is 11.5. The molecule has 24 heavy (non-hydrogen) atoms. The van der Waals surface area contributed by atoms with Gasteiger partial charge in [-0.1, -0.05) is 12.1 Å². The number of nitrogens with zero attached hydrogens (tertiary/aromatic N) is 1. The summed E-state index contributed by atoms with van der Waals surface area (Å²) in [6.45, 7) is 0. The average molecular weight is 345 g/mol. The quantitative estimate of drug-likeness (QED) is 0.746. The van der Waals surface area contributed by atoms with E-state index in [-0.39, 0.29) is 10.7 Å². The minimum atomic E-state index is -3.67. The van der Waals surface area contributed by atoms with E-state index in [1.165, 1.54) is 24.5 Å². The molecule has 0 aliphatic rings. The van der Waals surface area contributed by atoms with Crippen LogP contribution in [0.25, 0.3) is 11.3 Å². The standard InChI is InChI=1S/C17H16FN3O2S/c1-19-17(24(22,23)13-5-4-8-20-11-13)12-9-16(21-10-12)14-6-2-3-7-15(14)18/h2-11,17,19,21H,1H3. The molecular weight excluding hydrogens is 329 g/mol. The van der Waals surface area contributed by atoms with Crippen LogP contribution in [0.4, 0.5) is 4.39 Å². The first-order valence-corrected chi connectivity index (χ1v) is 8.83. The zero-order chi connectivity index (χ0) is 17.2. The van der Waals surface area contributed by atoms with Crippen molar-refractivity contribution in [2.45, 2.75) is 10.3 Å². The number of H-pyrrole nitrogens is 1. The number of nitrogens with one attached hydrogen (secondary N) is 2. The third kappa shape index (κ3) is 2.95. The number of rotatable bonds is 5. The normalized spacial score (nSPS) is 12.9. The Balaban J connectivity index is 2.00. The van der Waals surface area contributed by atoms with E-state index in [1.54, 1.807) is 43.6 Å². The van der Waals surface area contributed by atoms with Crippen LogP contribution >= 0.6 is 0 Å². The lowest BCUT2D eigenvalue weighted by molar-refractivity contribution is 0.569. The summed E-state index contributed by atoms with van der Waals surface area (Å²) >= 11 is 0. The summed E-state index contributed by atoms with van der Waals surface area (Å²) in [6.07, 6.45) is 4.39. The van der Waals surface area contributed by atoms with Gasteiger partial charge in [-0.25, -0.2) is 12.8 Å². The Morgan fingerprint density at radius 2 is 2.00 bits per heavy atom. The number of hydrogen-bond donors (Lipinski definition) is 2. The molecule has 5 nitrogen and oxygen atoms in total. The lowest BCUT2D eigenvalue weighted by Crippen LogP contribution is -2.25. The second-order valence-electron chi connectivity index (χ2n) is 5.23. The lowest BCUT2D eigenvalue weighted by Gasteiger charge is -2.15. The first kappa shape index (κ1) is 16.4. The monoisotopic (exact) mass is 345 g/mol. The van der Waals surface area contributed by atoms with Crippen molar-refractivity contribution in [1.29, 1.82) is 0 Å². The molecule has 2 heterocycles. The van der Waals surface area contributed by atoms with Gasteiger partial charge in [0.25, 0.3) is 0 Å². The predicted octanol–water partition coefficient (Wildman–Crippen LogP) is 2.91. The maximum Gasteiger partial charge on any atom is 0.200 e. The van der Waals surface area contributed by atoms with Gasteiger partial charge in [-0.3, -0.25) is 4.98 Å². The Labute approximate surface area is 139 Å². The van der Waals surface area contributed by atoms with Crippen molar-refractivity contribution in [2.24, 2.45) is 0 Å². The molecule has 0 aliphatic heterocycles. The molecule has 7 heteroatoms. The fourth-order valence-electron chi connectivity index (χ4n) is 2.55. The maximum absolute atomic E-state index is 13.9. The van der Waals surface area contributed by atoms with E-state index >= 15 is 0 Å². The van der Waals surface area contributed by atoms with Crippen molar-refractivity contribution in [3.63, 3.8) is 0 Å². The molecule has 1 unspecified atom stereocenters. The second kappa shape index (κ2) is 6.54. The van der Waals surface area contributed by atoms with E-state index in [2.05, 4.69) is 15.3 Å². The van der Waals surface area contributed by atoms with Crippen molar-refractivity contribution in [1.82, 2.24) is 15.3 Å². The molecular formula is C17H16FN3O2S. The molecule has 1 atom stereocenters. The van der Waals surface area contributed by atoms with Gasteiger partial charge in [0.2, 0.25) is 0 Å². The number of benzene rings is 1. The highest BCUT2D eigenvalue weighted by atomic mass is 32.2. The fraction of sp³-hybridized carbons (Fsp3) is 0.118. The van der Waals surface area contributed by atoms with Gasteiger partial charge in [-0.05, 0) is 37.4 Å². The molecule has 3 rings (SSSR count). The molecule has 0 saturated heterocycles. The second-order valence-corrected chi connectivity index (χ2v) is 7.26. The molecule has 2 aromatic heterocycles. The van der Waals surface area contributed by atoms with Gasteiger partial charge in [0.15, 0.2) is 9.84 Å². The van der Waals surface area contributed by atoms with Crippen molar-refractivity contribution in [3.8, 4) is 11.3 Å². The van der Waals surface area contributed by atoms with Crippen LogP contribution in [0.3, 0.4) is 0 Å². The predicted molar refractivity (Wildman–Crippen MR) is 89.4 cm³/mol. The molecule has 0 fully saturated rings. The van der Waals surface area contributed by atoms with Gasteiger partial charge in [0, 0.05) is 35.4 Å². The van der Waals surface area contributed by atoms with Crippen LogP contribution in [0, 0.1) is 5.82 Å². The van der Waals surface area contributed by atoms with Crippen molar-refractivity contribution in [2.75, 3.05) is 7.05 Å². The highest BCUT2D eigenvalue weighted by Crippen LogP contribution is 2.30. The van der Waals surface area contributed by atoms with Crippen molar-refractivity contribution >= 4 is 9.84 Å². The van der Waals surface area contributed by atoms with Crippen LogP contribution in [-0.2, 0) is 9.84 Å². The Morgan fingerprint density at radius 1 is 1.21 bits per heavy atom. The molecule has 0 radical (unpaired) electrons. The van der Waals surface area contributed by atoms with Crippen molar-refractivity contribution < 1.29 is 12.8 Å². The smallest absolute Gasteiger partial charge is 0.200 e. The first-order valence-electron chi connectivity index (χ1n) is 7.28. The molecule has 0 saturated carbocycles. The number of hydrogen-bond acceptors (Lipinski definition) is 4. The summed E-state index contributed by atoms with van der Waals surface area (Å²) in [7, 11) is -2.11. The molecule has 0 spiro atoms. The Bertz CT molecular complexity index is 939. The van der Waals surface area contributed by atoms with Crippen LogP contribution in [0.5, 0.6) is 0 Å². The molecule has 3 aromatic rings. The Kier molecular flexibility index (Phi) is 4.46. The maximum atomic E-state index is 13.9. The number of aromatic nitrogens is 2. The number of halogens is 1. The van der Waals surface area contributed by atoms with Gasteiger partial charge in [-0.15, -0.1) is 0 Å². The summed E-state index contributed by atoms with van der Waals surface area (Å²) in [4.78, 5) is 6.93. The number of aromatic amines is 1. The summed E-state index contributed by atoms with van der Waals surface area (Å²) in [5.41, 5.74) is 1.40. The van der Waals surface area contributed by atoms with E-state index in [9.17, 15) is 12.8 Å². The van der Waals surface area contributed by atoms with Crippen LogP contribution in [0.1, 0.15) is 10.9 Å². The van der Waals surface area contributed by atoms with Crippen molar-refractivity contribution in [3.05, 3.63) is 72.4 Å². The third-order valence-corrected chi connectivity index (χ3v) is 5.73. The molecule has 0 bridgehead atoms. The van der Waals surface area contributed by atoms with Crippen LogP contribution in [-0.4, -0.2) is 25.4 Å². The Morgan fingerprint density at radius 3 is 2.67 bits per heavy atom. The topological polar surface area (TPSA) is 74.8 Å². The zero-order valence-electron chi connectivity index (χ0n) is 12.9. The van der Waals surface area contributed by atoms with Gasteiger partial charge in [-0.2, -0.15) is 0 Å². The summed E-state index contributed by atoms with van der Waals surface area (Å²) < 4.78 is 39.5. The summed E-state index contributed by atoms with van der Waals surface area (Å²) in [6, 6.07) is 11.0. The zero-order valence-corrected chi connectivity index (χ0v) is 13.7. The summed E-state index contributed by atoms with van der Waals surface area (Å²) in [5, 5.41) is 1.85. The molecule has 1 aromatic carbocycles. The van der Waals surface area contributed by atoms with Crippen LogP contribution in [0.15, 0.2) is 66.0 Å². The molecule has 2 N–H and O–H groups in total. The van der Waals surface area contributed by atoms with E-state index in [1.807, 2.05) is 0 Å². The van der Waals surface area contributed by atoms with Crippen LogP contribution in [0.2, 0.25) is 0 Å². The van der Waals surface area contributed by atoms with Gasteiger partial charge >= 0.3 is 0 Å². The third-order valence-electron chi connectivity index (χ3n) is 3.71. The largest absolute Gasteiger partial charge is 0.361 e. The SMILES string of the molecule is CNC(c1c[nH]c(-c2ccccc2F)c1)S(=O)(=O)c1cccnc1. The van der Waals surface area contributed by atoms with E-state index in [0.29, 0.717) is 16.8 Å². The Hall–Kier alpha value is -2.51. The van der Waals surface area contributed by atoms with Gasteiger partial charge < -0.3 is 10.3 Å². The van der Waals surface area contributed by atoms with E-state index in [0.717, 1.165) is 0 Å². The number of pyridine rings is 1. The van der Waals surface area contributed by atoms with Crippen LogP contribution < -0.4 is 5.32 Å². The molecule has 124 valence electrons. The fourth-order valence-corrected chi connectivity index (χ4v) is 4.10. The lowest BCUT2D eigenvalue weighted by atomic mass is 10.1. The van der Waals surface area contributed by atoms with E-state index < -0.39 is 15.2 Å². The summed E-state index contributed by atoms with van der Waals surface area (Å²) in [5.74, 6) is -0.373. The number of sulfone groups is 1. The molecule has 0 aliphatic carbocycles. The van der Waals surface area contributed by atoms with E-state index in [4.69, 9.17) is 0 Å². The van der Waals surface area contributed by atoms with Gasteiger partial charge in [0.1, 0.15) is 11.2 Å². The minimum Gasteiger partial charge on any atom is -0.361 e. The molecule has 0 amide bonds. The van der Waals surface area contributed by atoms with Gasteiger partial charge in [0.05, 0.1) is 4.90 Å². The highest BCUT2D eigenvalue weighted by Gasteiger charge is 2.29.